The summed E-state index contributed by atoms with van der Waals surface area (Å²) in [5.74, 6) is -0.767. The minimum absolute atomic E-state index is 0.0326. The van der Waals surface area contributed by atoms with Gasteiger partial charge in [0.25, 0.3) is 10.0 Å². The van der Waals surface area contributed by atoms with Crippen LogP contribution in [0, 0.1) is 18.3 Å². The van der Waals surface area contributed by atoms with Crippen molar-refractivity contribution in [1.29, 1.82) is 5.26 Å². The molecule has 0 bridgehead atoms. The van der Waals surface area contributed by atoms with Crippen LogP contribution >= 0.6 is 0 Å². The Bertz CT molecular complexity index is 1450. The van der Waals surface area contributed by atoms with Gasteiger partial charge in [-0.25, -0.2) is 8.42 Å². The predicted octanol–water partition coefficient (Wildman–Crippen LogP) is 4.52. The quantitative estimate of drug-likeness (QED) is 0.626. The van der Waals surface area contributed by atoms with Crippen molar-refractivity contribution in [3.05, 3.63) is 117 Å². The van der Waals surface area contributed by atoms with Gasteiger partial charge in [-0.05, 0) is 30.2 Å². The van der Waals surface area contributed by atoms with Crippen LogP contribution in [0.3, 0.4) is 0 Å². The molecule has 0 amide bonds. The normalized spacial score (nSPS) is 18.8. The van der Waals surface area contributed by atoms with Crippen molar-refractivity contribution in [2.75, 3.05) is 4.31 Å². The van der Waals surface area contributed by atoms with E-state index in [0.29, 0.717) is 16.8 Å². The molecule has 0 aromatic heterocycles. The molecular weight excluding hydrogens is 434 g/mol. The van der Waals surface area contributed by atoms with Crippen molar-refractivity contribution >= 4 is 21.5 Å². The fourth-order valence-electron chi connectivity index (χ4n) is 4.32. The molecule has 0 fully saturated rings. The number of rotatable bonds is 3. The zero-order chi connectivity index (χ0) is 23.2. The first-order valence-electron chi connectivity index (χ1n) is 10.5. The zero-order valence-corrected chi connectivity index (χ0v) is 18.7. The topological polar surface area (TPSA) is 96.4 Å². The number of benzene rings is 3. The van der Waals surface area contributed by atoms with Gasteiger partial charge in [-0.3, -0.25) is 4.31 Å². The first-order valence-corrected chi connectivity index (χ1v) is 11.9. The van der Waals surface area contributed by atoms with E-state index in [1.807, 2.05) is 61.5 Å². The Hall–Kier alpha value is -4.02. The average Bonchev–Trinajstić information content (AvgIpc) is 2.82. The van der Waals surface area contributed by atoms with E-state index in [-0.39, 0.29) is 28.7 Å². The maximum atomic E-state index is 14.1. The summed E-state index contributed by atoms with van der Waals surface area (Å²) in [6.45, 7) is 2.14. The lowest BCUT2D eigenvalue weighted by molar-refractivity contribution is 0.357. The van der Waals surface area contributed by atoms with Gasteiger partial charge in [0.15, 0.2) is 5.76 Å². The third-order valence-electron chi connectivity index (χ3n) is 5.94. The summed E-state index contributed by atoms with van der Waals surface area (Å²) >= 11 is 0. The molecule has 0 saturated heterocycles. The molecule has 33 heavy (non-hydrogen) atoms. The lowest BCUT2D eigenvalue weighted by Gasteiger charge is -2.38. The smallest absolute Gasteiger partial charge is 0.265 e. The molecule has 1 atom stereocenters. The number of anilines is 1. The Balaban J connectivity index is 1.75. The van der Waals surface area contributed by atoms with Crippen molar-refractivity contribution in [2.24, 2.45) is 5.73 Å². The second-order valence-corrected chi connectivity index (χ2v) is 9.87. The maximum absolute atomic E-state index is 14.1. The summed E-state index contributed by atoms with van der Waals surface area (Å²) in [5, 5.41) is 9.88. The number of para-hydroxylation sites is 1. The minimum atomic E-state index is -4.06. The highest BCUT2D eigenvalue weighted by atomic mass is 32.2. The molecule has 6 nitrogen and oxygen atoms in total. The molecule has 0 unspecified atom stereocenters. The number of nitrogens with two attached hydrogens (primary N) is 1. The van der Waals surface area contributed by atoms with Crippen LogP contribution in [0.15, 0.2) is 95.2 Å². The number of sulfonamides is 1. The highest BCUT2D eigenvalue weighted by Crippen LogP contribution is 2.51. The molecule has 0 spiro atoms. The Morgan fingerprint density at radius 1 is 1.00 bits per heavy atom. The molecule has 3 aromatic carbocycles. The molecule has 164 valence electrons. The summed E-state index contributed by atoms with van der Waals surface area (Å²) in [6.07, 6.45) is 0. The summed E-state index contributed by atoms with van der Waals surface area (Å²) in [7, 11) is -4.06. The number of hydrogen-bond acceptors (Lipinski definition) is 5. The van der Waals surface area contributed by atoms with Crippen molar-refractivity contribution in [1.82, 2.24) is 0 Å². The van der Waals surface area contributed by atoms with E-state index >= 15 is 0 Å². The van der Waals surface area contributed by atoms with Gasteiger partial charge in [-0.1, -0.05) is 72.3 Å². The van der Waals surface area contributed by atoms with Gasteiger partial charge >= 0.3 is 0 Å². The average molecular weight is 456 g/mol. The van der Waals surface area contributed by atoms with E-state index in [9.17, 15) is 13.7 Å². The standard InChI is InChI=1S/C26H21N3O3S/c1-17-11-13-18(14-12-17)16-29-22-10-6-5-9-20(22)24-25(33(29,30)31)23(19-7-3-2-4-8-19)21(15-27)26(28)32-24/h2-14,23H,16,28H2,1H3/t23-/m1/s1. The van der Waals surface area contributed by atoms with Gasteiger partial charge in [0, 0.05) is 5.56 Å². The number of allylic oxidation sites excluding steroid dienone is 2. The van der Waals surface area contributed by atoms with E-state index in [1.54, 1.807) is 24.3 Å². The Labute approximate surface area is 192 Å². The molecule has 0 radical (unpaired) electrons. The predicted molar refractivity (Wildman–Crippen MR) is 127 cm³/mol. The van der Waals surface area contributed by atoms with Gasteiger partial charge in [0.1, 0.15) is 16.5 Å². The van der Waals surface area contributed by atoms with Gasteiger partial charge in [-0.15, -0.1) is 0 Å². The SMILES string of the molecule is Cc1ccc(CN2c3ccccc3C3=C([C@H](c4ccccc4)C(C#N)=C(N)O3)S2(=O)=O)cc1. The third-order valence-corrected chi connectivity index (χ3v) is 7.82. The fraction of sp³-hybridized carbons (Fsp3) is 0.115. The minimum Gasteiger partial charge on any atom is -0.439 e. The van der Waals surface area contributed by atoms with Gasteiger partial charge < -0.3 is 10.5 Å². The lowest BCUT2D eigenvalue weighted by Crippen LogP contribution is -2.39. The Morgan fingerprint density at radius 2 is 1.67 bits per heavy atom. The molecule has 2 aliphatic heterocycles. The number of aryl methyl sites for hydroxylation is 1. The first-order chi connectivity index (χ1) is 15.9. The van der Waals surface area contributed by atoms with Crippen LogP contribution in [0.4, 0.5) is 5.69 Å². The van der Waals surface area contributed by atoms with Crippen molar-refractivity contribution < 1.29 is 13.2 Å². The van der Waals surface area contributed by atoms with Gasteiger partial charge in [0.2, 0.25) is 5.88 Å². The number of ether oxygens (including phenoxy) is 1. The zero-order valence-electron chi connectivity index (χ0n) is 17.9. The second-order valence-electron chi connectivity index (χ2n) is 8.04. The second kappa shape index (κ2) is 7.84. The number of nitrogens with zero attached hydrogens (tertiary/aromatic N) is 2. The van der Waals surface area contributed by atoms with Crippen LogP contribution < -0.4 is 10.0 Å². The molecular formula is C26H21N3O3S. The van der Waals surface area contributed by atoms with Crippen LogP contribution in [-0.4, -0.2) is 8.42 Å². The summed E-state index contributed by atoms with van der Waals surface area (Å²) < 4.78 is 35.5. The fourth-order valence-corrected chi connectivity index (χ4v) is 6.23. The van der Waals surface area contributed by atoms with E-state index in [0.717, 1.165) is 11.1 Å². The molecule has 2 aliphatic rings. The molecule has 3 aromatic rings. The van der Waals surface area contributed by atoms with Crippen LogP contribution in [0.5, 0.6) is 0 Å². The molecule has 0 aliphatic carbocycles. The van der Waals surface area contributed by atoms with E-state index in [4.69, 9.17) is 10.5 Å². The van der Waals surface area contributed by atoms with Crippen LogP contribution in [-0.2, 0) is 21.3 Å². The monoisotopic (exact) mass is 455 g/mol. The number of hydrogen-bond donors (Lipinski definition) is 1. The van der Waals surface area contributed by atoms with Crippen molar-refractivity contribution in [3.8, 4) is 6.07 Å². The maximum Gasteiger partial charge on any atom is 0.265 e. The van der Waals surface area contributed by atoms with E-state index < -0.39 is 15.9 Å². The van der Waals surface area contributed by atoms with Crippen LogP contribution in [0.2, 0.25) is 0 Å². The van der Waals surface area contributed by atoms with Gasteiger partial charge in [0.05, 0.1) is 18.2 Å². The highest BCUT2D eigenvalue weighted by molar-refractivity contribution is 7.96. The Morgan fingerprint density at radius 3 is 2.36 bits per heavy atom. The Kier molecular flexibility index (Phi) is 4.95. The molecule has 0 saturated carbocycles. The van der Waals surface area contributed by atoms with Crippen LogP contribution in [0.25, 0.3) is 5.76 Å². The van der Waals surface area contributed by atoms with Crippen LogP contribution in [0.1, 0.15) is 28.2 Å². The van der Waals surface area contributed by atoms with E-state index in [1.165, 1.54) is 4.31 Å². The van der Waals surface area contributed by atoms with Gasteiger partial charge in [-0.2, -0.15) is 5.26 Å². The molecule has 7 heteroatoms. The summed E-state index contributed by atoms with van der Waals surface area (Å²) in [5.41, 5.74) is 9.95. The lowest BCUT2D eigenvalue weighted by atomic mass is 9.88. The summed E-state index contributed by atoms with van der Waals surface area (Å²) in [4.78, 5) is 0.0326. The highest BCUT2D eigenvalue weighted by Gasteiger charge is 2.47. The number of nitriles is 1. The largest absolute Gasteiger partial charge is 0.439 e. The molecule has 2 heterocycles. The van der Waals surface area contributed by atoms with E-state index in [2.05, 4.69) is 6.07 Å². The molecule has 2 N–H and O–H groups in total. The summed E-state index contributed by atoms with van der Waals surface area (Å²) in [6, 6.07) is 26.1. The van der Waals surface area contributed by atoms with Crippen molar-refractivity contribution in [2.45, 2.75) is 19.4 Å². The number of fused-ring (bicyclic) bond motifs is 2. The van der Waals surface area contributed by atoms with Crippen molar-refractivity contribution in [3.63, 3.8) is 0 Å². The third kappa shape index (κ3) is 3.36. The molecule has 5 rings (SSSR count). The first kappa shape index (κ1) is 20.9.